The molecule has 1 aliphatic heterocycles. The molecule has 118 valence electrons. The van der Waals surface area contributed by atoms with Gasteiger partial charge in [0.2, 0.25) is 0 Å². The highest BCUT2D eigenvalue weighted by Gasteiger charge is 2.25. The molecular weight excluding hydrogens is 250 g/mol. The van der Waals surface area contributed by atoms with Gasteiger partial charge in [-0.3, -0.25) is 4.99 Å². The van der Waals surface area contributed by atoms with Gasteiger partial charge in [0.05, 0.1) is 12.6 Å². The lowest BCUT2D eigenvalue weighted by molar-refractivity contribution is 0.0239. The smallest absolute Gasteiger partial charge is 0.194 e. The number of hydrogen-bond donors (Lipinski definition) is 1. The average molecular weight is 283 g/mol. The molecule has 0 amide bonds. The standard InChI is InChI=1S/C16H33N3O/c1-7-17-15(19-10-8-13(2)9-11-19)18-12-14(20-6)16(3,4)5/h13-14H,7-12H2,1-6H3,(H,17,18). The highest BCUT2D eigenvalue weighted by Crippen LogP contribution is 2.22. The number of nitrogens with one attached hydrogen (secondary N) is 1. The quantitative estimate of drug-likeness (QED) is 0.637. The molecule has 1 atom stereocenters. The molecule has 0 aromatic heterocycles. The molecule has 0 bridgehead atoms. The predicted octanol–water partition coefficient (Wildman–Crippen LogP) is 2.74. The molecule has 0 spiro atoms. The van der Waals surface area contributed by atoms with Crippen LogP contribution in [0.25, 0.3) is 0 Å². The zero-order chi connectivity index (χ0) is 15.2. The molecule has 1 heterocycles. The van der Waals surface area contributed by atoms with Crippen LogP contribution in [0, 0.1) is 11.3 Å². The van der Waals surface area contributed by atoms with E-state index in [1.165, 1.54) is 12.8 Å². The van der Waals surface area contributed by atoms with Crippen molar-refractivity contribution in [3.8, 4) is 0 Å². The second-order valence-electron chi connectivity index (χ2n) is 6.95. The highest BCUT2D eigenvalue weighted by molar-refractivity contribution is 5.80. The minimum absolute atomic E-state index is 0.117. The normalized spacial score (nSPS) is 20.1. The van der Waals surface area contributed by atoms with Crippen LogP contribution in [0.2, 0.25) is 0 Å². The van der Waals surface area contributed by atoms with Crippen molar-refractivity contribution in [3.05, 3.63) is 0 Å². The molecule has 1 N–H and O–H groups in total. The van der Waals surface area contributed by atoms with E-state index >= 15 is 0 Å². The van der Waals surface area contributed by atoms with E-state index in [9.17, 15) is 0 Å². The molecule has 1 saturated heterocycles. The maximum Gasteiger partial charge on any atom is 0.194 e. The molecule has 0 saturated carbocycles. The van der Waals surface area contributed by atoms with E-state index in [0.29, 0.717) is 6.54 Å². The summed E-state index contributed by atoms with van der Waals surface area (Å²) in [5, 5.41) is 3.42. The lowest BCUT2D eigenvalue weighted by atomic mass is 9.89. The van der Waals surface area contributed by atoms with Crippen molar-refractivity contribution in [2.45, 2.75) is 53.6 Å². The number of likely N-dealkylation sites (tertiary alicyclic amines) is 1. The van der Waals surface area contributed by atoms with Crippen LogP contribution in [-0.2, 0) is 4.74 Å². The van der Waals surface area contributed by atoms with Crippen molar-refractivity contribution in [3.63, 3.8) is 0 Å². The number of piperidine rings is 1. The summed E-state index contributed by atoms with van der Waals surface area (Å²) >= 11 is 0. The molecule has 0 radical (unpaired) electrons. The van der Waals surface area contributed by atoms with Gasteiger partial charge in [-0.2, -0.15) is 0 Å². The monoisotopic (exact) mass is 283 g/mol. The maximum absolute atomic E-state index is 5.59. The zero-order valence-corrected chi connectivity index (χ0v) is 14.2. The lowest BCUT2D eigenvalue weighted by Crippen LogP contribution is -2.46. The number of methoxy groups -OCH3 is 1. The predicted molar refractivity (Wildman–Crippen MR) is 86.2 cm³/mol. The molecular formula is C16H33N3O. The van der Waals surface area contributed by atoms with E-state index in [0.717, 1.165) is 31.5 Å². The molecule has 0 aromatic rings. The van der Waals surface area contributed by atoms with E-state index in [2.05, 4.69) is 44.8 Å². The average Bonchev–Trinajstić information content (AvgIpc) is 2.37. The Balaban J connectivity index is 2.67. The number of guanidine groups is 1. The Labute approximate surface area is 125 Å². The van der Waals surface area contributed by atoms with Gasteiger partial charge in [0, 0.05) is 26.7 Å². The summed E-state index contributed by atoms with van der Waals surface area (Å²) in [6, 6.07) is 0. The van der Waals surface area contributed by atoms with Crippen LogP contribution in [0.4, 0.5) is 0 Å². The third-order valence-corrected chi connectivity index (χ3v) is 4.08. The minimum atomic E-state index is 0.117. The van der Waals surface area contributed by atoms with E-state index < -0.39 is 0 Å². The van der Waals surface area contributed by atoms with E-state index in [1.54, 1.807) is 7.11 Å². The van der Waals surface area contributed by atoms with Crippen molar-refractivity contribution >= 4 is 5.96 Å². The van der Waals surface area contributed by atoms with Crippen LogP contribution >= 0.6 is 0 Å². The van der Waals surface area contributed by atoms with Gasteiger partial charge >= 0.3 is 0 Å². The fraction of sp³-hybridized carbons (Fsp3) is 0.938. The molecule has 0 aliphatic carbocycles. The molecule has 1 unspecified atom stereocenters. The Bertz CT molecular complexity index is 301. The number of ether oxygens (including phenoxy) is 1. The largest absolute Gasteiger partial charge is 0.379 e. The topological polar surface area (TPSA) is 36.9 Å². The first kappa shape index (κ1) is 17.3. The van der Waals surface area contributed by atoms with Crippen LogP contribution in [0.3, 0.4) is 0 Å². The van der Waals surface area contributed by atoms with Gasteiger partial charge in [0.15, 0.2) is 5.96 Å². The summed E-state index contributed by atoms with van der Waals surface area (Å²) in [6.45, 7) is 14.9. The van der Waals surface area contributed by atoms with Gasteiger partial charge in [-0.15, -0.1) is 0 Å². The number of nitrogens with zero attached hydrogens (tertiary/aromatic N) is 2. The number of hydrogen-bond acceptors (Lipinski definition) is 2. The summed E-state index contributed by atoms with van der Waals surface area (Å²) in [5.41, 5.74) is 0.117. The second-order valence-corrected chi connectivity index (χ2v) is 6.95. The SMILES string of the molecule is CCNC(=NCC(OC)C(C)(C)C)N1CCC(C)CC1. The number of rotatable bonds is 4. The van der Waals surface area contributed by atoms with Crippen molar-refractivity contribution in [2.75, 3.05) is 33.3 Å². The second kappa shape index (κ2) is 7.87. The summed E-state index contributed by atoms with van der Waals surface area (Å²) < 4.78 is 5.59. The fourth-order valence-corrected chi connectivity index (χ4v) is 2.52. The van der Waals surface area contributed by atoms with Crippen LogP contribution in [-0.4, -0.2) is 50.3 Å². The summed E-state index contributed by atoms with van der Waals surface area (Å²) in [6.07, 6.45) is 2.68. The number of aliphatic imine (C=N–C) groups is 1. The van der Waals surface area contributed by atoms with Crippen LogP contribution in [0.15, 0.2) is 4.99 Å². The molecule has 0 aromatic carbocycles. The maximum atomic E-state index is 5.59. The van der Waals surface area contributed by atoms with Gasteiger partial charge in [0.1, 0.15) is 0 Å². The first-order valence-electron chi connectivity index (χ1n) is 7.94. The van der Waals surface area contributed by atoms with Crippen LogP contribution in [0.1, 0.15) is 47.5 Å². The Morgan fingerprint density at radius 3 is 2.40 bits per heavy atom. The van der Waals surface area contributed by atoms with Gasteiger partial charge in [-0.1, -0.05) is 27.7 Å². The van der Waals surface area contributed by atoms with Crippen molar-refractivity contribution in [2.24, 2.45) is 16.3 Å². The van der Waals surface area contributed by atoms with Gasteiger partial charge < -0.3 is 15.0 Å². The molecule has 4 heteroatoms. The molecule has 1 fully saturated rings. The van der Waals surface area contributed by atoms with E-state index in [4.69, 9.17) is 9.73 Å². The summed E-state index contributed by atoms with van der Waals surface area (Å²) in [4.78, 5) is 7.19. The molecule has 1 aliphatic rings. The summed E-state index contributed by atoms with van der Waals surface area (Å²) in [7, 11) is 1.78. The Morgan fingerprint density at radius 1 is 1.35 bits per heavy atom. The molecule has 20 heavy (non-hydrogen) atoms. The van der Waals surface area contributed by atoms with Crippen molar-refractivity contribution in [1.29, 1.82) is 0 Å². The van der Waals surface area contributed by atoms with E-state index in [-0.39, 0.29) is 11.5 Å². The first-order valence-corrected chi connectivity index (χ1v) is 7.94. The highest BCUT2D eigenvalue weighted by atomic mass is 16.5. The fourth-order valence-electron chi connectivity index (χ4n) is 2.52. The van der Waals surface area contributed by atoms with Crippen molar-refractivity contribution < 1.29 is 4.74 Å². The van der Waals surface area contributed by atoms with Crippen molar-refractivity contribution in [1.82, 2.24) is 10.2 Å². The first-order chi connectivity index (χ1) is 9.38. The zero-order valence-electron chi connectivity index (χ0n) is 14.2. The molecule has 4 nitrogen and oxygen atoms in total. The summed E-state index contributed by atoms with van der Waals surface area (Å²) in [5.74, 6) is 1.89. The molecule has 1 rings (SSSR count). The minimum Gasteiger partial charge on any atom is -0.379 e. The third kappa shape index (κ3) is 5.31. The van der Waals surface area contributed by atoms with Crippen LogP contribution in [0.5, 0.6) is 0 Å². The Hall–Kier alpha value is -0.770. The third-order valence-electron chi connectivity index (χ3n) is 4.08. The Morgan fingerprint density at radius 2 is 1.95 bits per heavy atom. The van der Waals surface area contributed by atoms with Gasteiger partial charge in [0.25, 0.3) is 0 Å². The Kier molecular flexibility index (Phi) is 6.80. The van der Waals surface area contributed by atoms with E-state index in [1.807, 2.05) is 0 Å². The van der Waals surface area contributed by atoms with Crippen LogP contribution < -0.4 is 5.32 Å². The van der Waals surface area contributed by atoms with Gasteiger partial charge in [-0.25, -0.2) is 0 Å². The van der Waals surface area contributed by atoms with Gasteiger partial charge in [-0.05, 0) is 31.1 Å². The lowest BCUT2D eigenvalue weighted by Gasteiger charge is -2.34.